The van der Waals surface area contributed by atoms with E-state index >= 15 is 8.78 Å². The highest BCUT2D eigenvalue weighted by molar-refractivity contribution is 5.82. The Morgan fingerprint density at radius 3 is 1.25 bits per heavy atom. The number of nitriles is 2. The summed E-state index contributed by atoms with van der Waals surface area (Å²) in [6.45, 7) is 3.81. The SMILES string of the molecule is Cc1ccc(Nc2c(F)c(C#N)c(C#N)c(F)c2Nc2ccc(C)cc2)cc1. The number of hydrogen-bond acceptors (Lipinski definition) is 4. The Labute approximate surface area is 161 Å². The molecule has 0 radical (unpaired) electrons. The number of anilines is 4. The van der Waals surface area contributed by atoms with Crippen molar-refractivity contribution < 1.29 is 8.78 Å². The zero-order valence-electron chi connectivity index (χ0n) is 15.3. The second kappa shape index (κ2) is 7.77. The third-order valence-corrected chi connectivity index (χ3v) is 4.24. The molecule has 138 valence electrons. The number of rotatable bonds is 4. The van der Waals surface area contributed by atoms with Crippen molar-refractivity contribution in [1.82, 2.24) is 0 Å². The fourth-order valence-corrected chi connectivity index (χ4v) is 2.70. The Bertz CT molecular complexity index is 1020. The van der Waals surface area contributed by atoms with Crippen molar-refractivity contribution in [3.8, 4) is 12.1 Å². The molecule has 0 aliphatic rings. The summed E-state index contributed by atoms with van der Waals surface area (Å²) in [7, 11) is 0. The second-order valence-electron chi connectivity index (χ2n) is 6.33. The van der Waals surface area contributed by atoms with Gasteiger partial charge in [0.05, 0.1) is 0 Å². The highest BCUT2D eigenvalue weighted by Crippen LogP contribution is 2.37. The van der Waals surface area contributed by atoms with Crippen molar-refractivity contribution in [2.75, 3.05) is 10.6 Å². The molecule has 4 nitrogen and oxygen atoms in total. The molecule has 0 unspecified atom stereocenters. The molecular weight excluding hydrogens is 358 g/mol. The Morgan fingerprint density at radius 1 is 0.643 bits per heavy atom. The van der Waals surface area contributed by atoms with Gasteiger partial charge in [-0.1, -0.05) is 35.4 Å². The van der Waals surface area contributed by atoms with E-state index in [0.717, 1.165) is 11.1 Å². The van der Waals surface area contributed by atoms with Crippen LogP contribution in [0.5, 0.6) is 0 Å². The van der Waals surface area contributed by atoms with Gasteiger partial charge >= 0.3 is 0 Å². The van der Waals surface area contributed by atoms with Crippen molar-refractivity contribution in [3.05, 3.63) is 82.4 Å². The Kier molecular flexibility index (Phi) is 5.24. The van der Waals surface area contributed by atoms with Crippen LogP contribution in [0, 0.1) is 48.1 Å². The molecule has 0 bridgehead atoms. The molecule has 2 N–H and O–H groups in total. The lowest BCUT2D eigenvalue weighted by Crippen LogP contribution is -2.08. The highest BCUT2D eigenvalue weighted by Gasteiger charge is 2.25. The molecule has 0 fully saturated rings. The summed E-state index contributed by atoms with van der Waals surface area (Å²) in [5.74, 6) is -1.98. The van der Waals surface area contributed by atoms with Crippen molar-refractivity contribution in [1.29, 1.82) is 10.5 Å². The van der Waals surface area contributed by atoms with E-state index < -0.39 is 22.8 Å². The summed E-state index contributed by atoms with van der Waals surface area (Å²) < 4.78 is 30.1. The van der Waals surface area contributed by atoms with Crippen LogP contribution in [-0.4, -0.2) is 0 Å². The molecule has 3 aromatic carbocycles. The monoisotopic (exact) mass is 374 g/mol. The van der Waals surface area contributed by atoms with Crippen LogP contribution < -0.4 is 10.6 Å². The molecule has 0 amide bonds. The molecule has 3 rings (SSSR count). The lowest BCUT2D eigenvalue weighted by atomic mass is 10.0. The first-order valence-corrected chi connectivity index (χ1v) is 8.47. The van der Waals surface area contributed by atoms with Gasteiger partial charge in [0, 0.05) is 11.4 Å². The quantitative estimate of drug-likeness (QED) is 0.604. The van der Waals surface area contributed by atoms with Crippen LogP contribution in [0.2, 0.25) is 0 Å². The van der Waals surface area contributed by atoms with Gasteiger partial charge in [0.25, 0.3) is 0 Å². The maximum absolute atomic E-state index is 15.0. The summed E-state index contributed by atoms with van der Waals surface area (Å²) >= 11 is 0. The molecule has 0 aromatic heterocycles. The minimum absolute atomic E-state index is 0.238. The van der Waals surface area contributed by atoms with Gasteiger partial charge in [0.15, 0.2) is 11.6 Å². The van der Waals surface area contributed by atoms with Gasteiger partial charge in [0.1, 0.15) is 34.6 Å². The molecule has 0 saturated heterocycles. The summed E-state index contributed by atoms with van der Waals surface area (Å²) in [4.78, 5) is 0. The van der Waals surface area contributed by atoms with E-state index in [4.69, 9.17) is 0 Å². The number of aryl methyl sites for hydroxylation is 2. The van der Waals surface area contributed by atoms with E-state index in [-0.39, 0.29) is 11.4 Å². The molecule has 0 spiro atoms. The maximum atomic E-state index is 15.0. The molecule has 6 heteroatoms. The minimum Gasteiger partial charge on any atom is -0.351 e. The van der Waals surface area contributed by atoms with E-state index in [1.165, 1.54) is 0 Å². The molecule has 0 atom stereocenters. The van der Waals surface area contributed by atoms with Crippen molar-refractivity contribution in [3.63, 3.8) is 0 Å². The first-order chi connectivity index (χ1) is 13.4. The molecule has 28 heavy (non-hydrogen) atoms. The van der Waals surface area contributed by atoms with Gasteiger partial charge in [-0.3, -0.25) is 0 Å². The summed E-state index contributed by atoms with van der Waals surface area (Å²) in [5.41, 5.74) is 1.30. The Morgan fingerprint density at radius 2 is 0.964 bits per heavy atom. The first kappa shape index (κ1) is 18.9. The van der Waals surface area contributed by atoms with E-state index in [2.05, 4.69) is 10.6 Å². The van der Waals surface area contributed by atoms with Gasteiger partial charge in [-0.05, 0) is 38.1 Å². The van der Waals surface area contributed by atoms with E-state index in [1.54, 1.807) is 36.4 Å². The second-order valence-corrected chi connectivity index (χ2v) is 6.33. The van der Waals surface area contributed by atoms with Crippen molar-refractivity contribution in [2.45, 2.75) is 13.8 Å². The van der Waals surface area contributed by atoms with Gasteiger partial charge in [-0.15, -0.1) is 0 Å². The number of nitrogens with zero attached hydrogens (tertiary/aromatic N) is 2. The van der Waals surface area contributed by atoms with Gasteiger partial charge in [-0.2, -0.15) is 10.5 Å². The predicted octanol–water partition coefficient (Wildman–Crippen LogP) is 5.81. The molecular formula is C22H16F2N4. The average Bonchev–Trinajstić information content (AvgIpc) is 2.70. The van der Waals surface area contributed by atoms with E-state index in [0.29, 0.717) is 11.4 Å². The first-order valence-electron chi connectivity index (χ1n) is 8.47. The smallest absolute Gasteiger partial charge is 0.168 e. The van der Waals surface area contributed by atoms with Gasteiger partial charge < -0.3 is 10.6 Å². The number of hydrogen-bond donors (Lipinski definition) is 2. The van der Waals surface area contributed by atoms with Crippen LogP contribution in [0.15, 0.2) is 48.5 Å². The van der Waals surface area contributed by atoms with E-state index in [1.807, 2.05) is 38.1 Å². The number of nitrogens with one attached hydrogen (secondary N) is 2. The molecule has 0 aliphatic carbocycles. The topological polar surface area (TPSA) is 71.6 Å². The van der Waals surface area contributed by atoms with Crippen LogP contribution in [0.25, 0.3) is 0 Å². The molecule has 3 aromatic rings. The van der Waals surface area contributed by atoms with Gasteiger partial charge in [0.2, 0.25) is 0 Å². The standard InChI is InChI=1S/C22H16F2N4/c1-13-3-7-15(8-4-13)27-21-19(23)17(11-25)18(12-26)20(24)22(21)28-16-9-5-14(2)6-10-16/h3-10,27-28H,1-2H3. The largest absolute Gasteiger partial charge is 0.351 e. The van der Waals surface area contributed by atoms with Crippen LogP contribution in [0.1, 0.15) is 22.3 Å². The lowest BCUT2D eigenvalue weighted by molar-refractivity contribution is 0.600. The molecule has 0 aliphatic heterocycles. The van der Waals surface area contributed by atoms with Crippen LogP contribution in [0.3, 0.4) is 0 Å². The normalized spacial score (nSPS) is 10.1. The van der Waals surface area contributed by atoms with Crippen LogP contribution in [-0.2, 0) is 0 Å². The Balaban J connectivity index is 2.18. The molecule has 0 heterocycles. The van der Waals surface area contributed by atoms with Crippen molar-refractivity contribution in [2.24, 2.45) is 0 Å². The summed E-state index contributed by atoms with van der Waals surface area (Å²) in [6, 6.07) is 17.3. The fraction of sp³-hybridized carbons (Fsp3) is 0.0909. The van der Waals surface area contributed by atoms with E-state index in [9.17, 15) is 10.5 Å². The summed E-state index contributed by atoms with van der Waals surface area (Å²) in [6.07, 6.45) is 0. The molecule has 0 saturated carbocycles. The minimum atomic E-state index is -0.990. The zero-order valence-corrected chi connectivity index (χ0v) is 15.3. The fourth-order valence-electron chi connectivity index (χ4n) is 2.70. The third-order valence-electron chi connectivity index (χ3n) is 4.24. The Hall–Kier alpha value is -3.90. The number of benzene rings is 3. The average molecular weight is 374 g/mol. The maximum Gasteiger partial charge on any atom is 0.168 e. The van der Waals surface area contributed by atoms with Crippen LogP contribution >= 0.6 is 0 Å². The van der Waals surface area contributed by atoms with Crippen LogP contribution in [0.4, 0.5) is 31.5 Å². The van der Waals surface area contributed by atoms with Gasteiger partial charge in [-0.25, -0.2) is 8.78 Å². The third kappa shape index (κ3) is 3.62. The summed E-state index contributed by atoms with van der Waals surface area (Å²) in [5, 5.41) is 24.1. The highest BCUT2D eigenvalue weighted by atomic mass is 19.1. The zero-order chi connectivity index (χ0) is 20.3. The lowest BCUT2D eigenvalue weighted by Gasteiger charge is -2.18. The van der Waals surface area contributed by atoms with Crippen molar-refractivity contribution >= 4 is 22.7 Å². The predicted molar refractivity (Wildman–Crippen MR) is 105 cm³/mol. The number of halogens is 2.